The molecule has 1 saturated carbocycles. The van der Waals surface area contributed by atoms with Crippen molar-refractivity contribution in [3.8, 4) is 0 Å². The molecule has 0 spiro atoms. The van der Waals surface area contributed by atoms with Crippen LogP contribution in [0.3, 0.4) is 0 Å². The van der Waals surface area contributed by atoms with Crippen LogP contribution in [0.5, 0.6) is 0 Å². The molecule has 1 unspecified atom stereocenters. The molecule has 1 aromatic carbocycles. The molecule has 0 aromatic heterocycles. The monoisotopic (exact) mass is 257 g/mol. The van der Waals surface area contributed by atoms with Gasteiger partial charge in [0, 0.05) is 28.3 Å². The van der Waals surface area contributed by atoms with E-state index in [1.165, 1.54) is 12.8 Å². The van der Waals surface area contributed by atoms with E-state index in [9.17, 15) is 5.11 Å². The molecule has 1 aromatic rings. The molecule has 0 saturated heterocycles. The summed E-state index contributed by atoms with van der Waals surface area (Å²) in [6.45, 7) is 0.700. The number of hydrogen-bond donors (Lipinski definition) is 2. The van der Waals surface area contributed by atoms with Crippen LogP contribution in [0.25, 0.3) is 0 Å². The number of benzene rings is 1. The molecule has 2 nitrogen and oxygen atoms in total. The Morgan fingerprint density at radius 1 is 1.38 bits per heavy atom. The third-order valence-corrected chi connectivity index (χ3v) is 3.88. The van der Waals surface area contributed by atoms with Crippen molar-refractivity contribution in [2.45, 2.75) is 29.9 Å². The summed E-state index contributed by atoms with van der Waals surface area (Å²) in [6, 6.07) is 8.37. The van der Waals surface area contributed by atoms with Crippen LogP contribution in [0.1, 0.15) is 12.8 Å². The molecule has 0 heterocycles. The van der Waals surface area contributed by atoms with Crippen LogP contribution >= 0.6 is 23.4 Å². The van der Waals surface area contributed by atoms with Crippen LogP contribution in [0.15, 0.2) is 29.2 Å². The molecular weight excluding hydrogens is 242 g/mol. The number of rotatable bonds is 6. The van der Waals surface area contributed by atoms with E-state index in [0.717, 1.165) is 15.7 Å². The number of aliphatic hydroxyl groups excluding tert-OH is 1. The topological polar surface area (TPSA) is 32.3 Å². The molecule has 0 aliphatic heterocycles. The molecule has 0 radical (unpaired) electrons. The molecule has 1 atom stereocenters. The van der Waals surface area contributed by atoms with E-state index >= 15 is 0 Å². The van der Waals surface area contributed by atoms with Crippen LogP contribution < -0.4 is 5.32 Å². The number of halogens is 1. The van der Waals surface area contributed by atoms with Gasteiger partial charge in [0.15, 0.2) is 0 Å². The Balaban J connectivity index is 1.67. The van der Waals surface area contributed by atoms with E-state index < -0.39 is 0 Å². The van der Waals surface area contributed by atoms with Gasteiger partial charge >= 0.3 is 0 Å². The quantitative estimate of drug-likeness (QED) is 0.769. The smallest absolute Gasteiger partial charge is 0.0758 e. The zero-order chi connectivity index (χ0) is 11.4. The number of thioether (sulfide) groups is 1. The molecule has 0 bridgehead atoms. The van der Waals surface area contributed by atoms with Crippen molar-refractivity contribution in [3.63, 3.8) is 0 Å². The van der Waals surface area contributed by atoms with E-state index in [2.05, 4.69) is 5.32 Å². The van der Waals surface area contributed by atoms with Crippen molar-refractivity contribution in [2.75, 3.05) is 12.3 Å². The fourth-order valence-electron chi connectivity index (χ4n) is 1.37. The standard InChI is InChI=1S/C12H16ClNOS/c13-9-1-5-12(6-2-9)16-8-11(15)7-14-10-3-4-10/h1-2,5-6,10-11,14-15H,3-4,7-8H2. The predicted molar refractivity (Wildman–Crippen MR) is 69.2 cm³/mol. The molecular formula is C12H16ClNOS. The predicted octanol–water partition coefficient (Wildman–Crippen LogP) is 2.55. The van der Waals surface area contributed by atoms with Crippen LogP contribution in [0.2, 0.25) is 5.02 Å². The second-order valence-electron chi connectivity index (χ2n) is 4.10. The van der Waals surface area contributed by atoms with Crippen molar-refractivity contribution in [3.05, 3.63) is 29.3 Å². The first-order valence-electron chi connectivity index (χ1n) is 5.54. The Labute approximate surface area is 105 Å². The highest BCUT2D eigenvalue weighted by Crippen LogP contribution is 2.22. The third-order valence-electron chi connectivity index (χ3n) is 2.48. The van der Waals surface area contributed by atoms with Gasteiger partial charge in [-0.25, -0.2) is 0 Å². The Morgan fingerprint density at radius 2 is 2.06 bits per heavy atom. The summed E-state index contributed by atoms with van der Waals surface area (Å²) in [7, 11) is 0. The lowest BCUT2D eigenvalue weighted by atomic mass is 10.4. The number of aliphatic hydroxyl groups is 1. The van der Waals surface area contributed by atoms with Gasteiger partial charge in [-0.1, -0.05) is 11.6 Å². The van der Waals surface area contributed by atoms with Crippen LogP contribution in [-0.4, -0.2) is 29.5 Å². The molecule has 0 amide bonds. The number of hydrogen-bond acceptors (Lipinski definition) is 3. The Hall–Kier alpha value is -0.220. The lowest BCUT2D eigenvalue weighted by Crippen LogP contribution is -2.29. The van der Waals surface area contributed by atoms with E-state index in [-0.39, 0.29) is 6.10 Å². The fraction of sp³-hybridized carbons (Fsp3) is 0.500. The van der Waals surface area contributed by atoms with E-state index in [1.54, 1.807) is 11.8 Å². The molecule has 2 rings (SSSR count). The molecule has 1 aliphatic rings. The summed E-state index contributed by atoms with van der Waals surface area (Å²) >= 11 is 7.46. The lowest BCUT2D eigenvalue weighted by Gasteiger charge is -2.10. The Morgan fingerprint density at radius 3 is 2.69 bits per heavy atom. The van der Waals surface area contributed by atoms with Gasteiger partial charge in [-0.3, -0.25) is 0 Å². The molecule has 16 heavy (non-hydrogen) atoms. The second-order valence-corrected chi connectivity index (χ2v) is 5.63. The maximum Gasteiger partial charge on any atom is 0.0758 e. The average Bonchev–Trinajstić information content (AvgIpc) is 3.09. The van der Waals surface area contributed by atoms with Gasteiger partial charge in [0.05, 0.1) is 6.10 Å². The van der Waals surface area contributed by atoms with Gasteiger partial charge in [-0.05, 0) is 37.1 Å². The molecule has 1 aliphatic carbocycles. The minimum absolute atomic E-state index is 0.277. The first kappa shape index (κ1) is 12.2. The summed E-state index contributed by atoms with van der Waals surface area (Å²) in [5.41, 5.74) is 0. The van der Waals surface area contributed by atoms with Gasteiger partial charge in [0.25, 0.3) is 0 Å². The Kier molecular flexibility index (Phi) is 4.53. The van der Waals surface area contributed by atoms with Crippen molar-refractivity contribution >= 4 is 23.4 Å². The summed E-state index contributed by atoms with van der Waals surface area (Å²) < 4.78 is 0. The van der Waals surface area contributed by atoms with Gasteiger partial charge in [0.1, 0.15) is 0 Å². The highest BCUT2D eigenvalue weighted by atomic mass is 35.5. The maximum atomic E-state index is 9.73. The highest BCUT2D eigenvalue weighted by Gasteiger charge is 2.21. The first-order chi connectivity index (χ1) is 7.74. The number of nitrogens with one attached hydrogen (secondary N) is 1. The summed E-state index contributed by atoms with van der Waals surface area (Å²) in [5.74, 6) is 0.724. The summed E-state index contributed by atoms with van der Waals surface area (Å²) in [4.78, 5) is 1.15. The third kappa shape index (κ3) is 4.34. The molecule has 2 N–H and O–H groups in total. The van der Waals surface area contributed by atoms with Crippen molar-refractivity contribution in [1.29, 1.82) is 0 Å². The average molecular weight is 258 g/mol. The summed E-state index contributed by atoms with van der Waals surface area (Å²) in [5, 5.41) is 13.8. The fourth-order valence-corrected chi connectivity index (χ4v) is 2.33. The van der Waals surface area contributed by atoms with Gasteiger partial charge in [0.2, 0.25) is 0 Å². The van der Waals surface area contributed by atoms with Crippen molar-refractivity contribution < 1.29 is 5.11 Å². The van der Waals surface area contributed by atoms with Gasteiger partial charge in [-0.15, -0.1) is 11.8 Å². The largest absolute Gasteiger partial charge is 0.391 e. The highest BCUT2D eigenvalue weighted by molar-refractivity contribution is 7.99. The molecule has 88 valence electrons. The lowest BCUT2D eigenvalue weighted by molar-refractivity contribution is 0.195. The Bertz CT molecular complexity index is 326. The van der Waals surface area contributed by atoms with Crippen LogP contribution in [0.4, 0.5) is 0 Å². The van der Waals surface area contributed by atoms with Gasteiger partial charge in [-0.2, -0.15) is 0 Å². The normalized spacial score (nSPS) is 17.4. The summed E-state index contributed by atoms with van der Waals surface area (Å²) in [6.07, 6.45) is 2.25. The van der Waals surface area contributed by atoms with Crippen LogP contribution in [0, 0.1) is 0 Å². The zero-order valence-electron chi connectivity index (χ0n) is 9.03. The minimum Gasteiger partial charge on any atom is -0.391 e. The maximum absolute atomic E-state index is 9.73. The van der Waals surface area contributed by atoms with Gasteiger partial charge < -0.3 is 10.4 Å². The van der Waals surface area contributed by atoms with Crippen LogP contribution in [-0.2, 0) is 0 Å². The zero-order valence-corrected chi connectivity index (χ0v) is 10.6. The SMILES string of the molecule is OC(CNC1CC1)CSc1ccc(Cl)cc1. The second kappa shape index (κ2) is 5.92. The minimum atomic E-state index is -0.277. The molecule has 1 fully saturated rings. The first-order valence-corrected chi connectivity index (χ1v) is 6.90. The molecule has 4 heteroatoms. The van der Waals surface area contributed by atoms with Crippen molar-refractivity contribution in [1.82, 2.24) is 5.32 Å². The van der Waals surface area contributed by atoms with E-state index in [0.29, 0.717) is 12.6 Å². The van der Waals surface area contributed by atoms with E-state index in [4.69, 9.17) is 11.6 Å². The van der Waals surface area contributed by atoms with Crippen molar-refractivity contribution in [2.24, 2.45) is 0 Å². The van der Waals surface area contributed by atoms with E-state index in [1.807, 2.05) is 24.3 Å².